The number of hydrogen-bond acceptors (Lipinski definition) is 4. The number of ether oxygens (including phenoxy) is 1. The second kappa shape index (κ2) is 5.88. The van der Waals surface area contributed by atoms with Crippen LogP contribution in [0.1, 0.15) is 17.8 Å². The SMILES string of the molecule is O=C(OCc1ccccc1)C1CCn2ccnc2CN1. The fourth-order valence-corrected chi connectivity index (χ4v) is 2.33. The van der Waals surface area contributed by atoms with Gasteiger partial charge in [-0.1, -0.05) is 30.3 Å². The molecular formula is C15H17N3O2. The number of rotatable bonds is 3. The number of carbonyl (C=O) groups excluding carboxylic acids is 1. The molecule has 1 aromatic heterocycles. The number of nitrogens with zero attached hydrogens (tertiary/aromatic N) is 2. The molecule has 1 aliphatic heterocycles. The minimum atomic E-state index is -0.264. The molecule has 20 heavy (non-hydrogen) atoms. The van der Waals surface area contributed by atoms with Crippen LogP contribution in [-0.4, -0.2) is 21.6 Å². The van der Waals surface area contributed by atoms with Gasteiger partial charge in [-0.05, 0) is 12.0 Å². The van der Waals surface area contributed by atoms with E-state index in [0.717, 1.165) is 24.4 Å². The predicted octanol–water partition coefficient (Wildman–Crippen LogP) is 1.49. The number of hydrogen-bond donors (Lipinski definition) is 1. The van der Waals surface area contributed by atoms with Crippen LogP contribution in [0.4, 0.5) is 0 Å². The fourth-order valence-electron chi connectivity index (χ4n) is 2.33. The van der Waals surface area contributed by atoms with Crippen LogP contribution in [-0.2, 0) is 29.2 Å². The molecule has 3 rings (SSSR count). The Morgan fingerprint density at radius 2 is 2.25 bits per heavy atom. The second-order valence-corrected chi connectivity index (χ2v) is 4.85. The highest BCUT2D eigenvalue weighted by Gasteiger charge is 2.23. The van der Waals surface area contributed by atoms with Crippen LogP contribution in [0.5, 0.6) is 0 Å². The van der Waals surface area contributed by atoms with E-state index >= 15 is 0 Å². The number of aromatic nitrogens is 2. The molecule has 1 N–H and O–H groups in total. The van der Waals surface area contributed by atoms with Crippen molar-refractivity contribution in [2.75, 3.05) is 0 Å². The smallest absolute Gasteiger partial charge is 0.323 e. The molecule has 0 amide bonds. The van der Waals surface area contributed by atoms with Gasteiger partial charge in [-0.15, -0.1) is 0 Å². The Balaban J connectivity index is 1.54. The van der Waals surface area contributed by atoms with Crippen molar-refractivity contribution in [3.05, 3.63) is 54.1 Å². The third kappa shape index (κ3) is 2.88. The monoisotopic (exact) mass is 271 g/mol. The highest BCUT2D eigenvalue weighted by atomic mass is 16.5. The van der Waals surface area contributed by atoms with Crippen LogP contribution >= 0.6 is 0 Å². The largest absolute Gasteiger partial charge is 0.460 e. The average molecular weight is 271 g/mol. The Morgan fingerprint density at radius 3 is 3.10 bits per heavy atom. The van der Waals surface area contributed by atoms with E-state index in [4.69, 9.17) is 4.74 Å². The summed E-state index contributed by atoms with van der Waals surface area (Å²) in [4.78, 5) is 16.3. The Bertz CT molecular complexity index is 557. The summed E-state index contributed by atoms with van der Waals surface area (Å²) in [5.74, 6) is 0.767. The van der Waals surface area contributed by atoms with Gasteiger partial charge in [0.25, 0.3) is 0 Å². The summed E-state index contributed by atoms with van der Waals surface area (Å²) >= 11 is 0. The normalized spacial score (nSPS) is 18.1. The maximum absolute atomic E-state index is 12.1. The summed E-state index contributed by atoms with van der Waals surface area (Å²) in [7, 11) is 0. The maximum atomic E-state index is 12.1. The van der Waals surface area contributed by atoms with Crippen LogP contribution in [0.25, 0.3) is 0 Å². The maximum Gasteiger partial charge on any atom is 0.323 e. The summed E-state index contributed by atoms with van der Waals surface area (Å²) in [6.45, 7) is 1.70. The van der Waals surface area contributed by atoms with Crippen LogP contribution in [0, 0.1) is 0 Å². The third-order valence-electron chi connectivity index (χ3n) is 3.48. The van der Waals surface area contributed by atoms with Gasteiger partial charge in [0.2, 0.25) is 0 Å². The highest BCUT2D eigenvalue weighted by Crippen LogP contribution is 2.10. The summed E-state index contributed by atoms with van der Waals surface area (Å²) < 4.78 is 7.43. The first-order valence-electron chi connectivity index (χ1n) is 6.77. The van der Waals surface area contributed by atoms with E-state index in [1.807, 2.05) is 36.5 Å². The quantitative estimate of drug-likeness (QED) is 0.859. The number of fused-ring (bicyclic) bond motifs is 1. The van der Waals surface area contributed by atoms with E-state index in [1.165, 1.54) is 0 Å². The Morgan fingerprint density at radius 1 is 1.40 bits per heavy atom. The van der Waals surface area contributed by atoms with Gasteiger partial charge in [-0.3, -0.25) is 10.1 Å². The van der Waals surface area contributed by atoms with Gasteiger partial charge >= 0.3 is 5.97 Å². The Hall–Kier alpha value is -2.14. The fraction of sp³-hybridized carbons (Fsp3) is 0.333. The van der Waals surface area contributed by atoms with E-state index in [9.17, 15) is 4.79 Å². The van der Waals surface area contributed by atoms with Crippen molar-refractivity contribution < 1.29 is 9.53 Å². The lowest BCUT2D eigenvalue weighted by atomic mass is 10.2. The zero-order valence-electron chi connectivity index (χ0n) is 11.2. The Kier molecular flexibility index (Phi) is 3.78. The topological polar surface area (TPSA) is 56.2 Å². The van der Waals surface area contributed by atoms with E-state index in [-0.39, 0.29) is 12.0 Å². The van der Waals surface area contributed by atoms with Gasteiger partial charge in [0, 0.05) is 18.9 Å². The van der Waals surface area contributed by atoms with Gasteiger partial charge in [-0.25, -0.2) is 4.98 Å². The third-order valence-corrected chi connectivity index (χ3v) is 3.48. The first kappa shape index (κ1) is 12.9. The molecule has 0 spiro atoms. The number of benzene rings is 1. The summed E-state index contributed by atoms with van der Waals surface area (Å²) in [6.07, 6.45) is 4.44. The highest BCUT2D eigenvalue weighted by molar-refractivity contribution is 5.75. The number of aryl methyl sites for hydroxylation is 1. The average Bonchev–Trinajstić information content (AvgIpc) is 2.84. The predicted molar refractivity (Wildman–Crippen MR) is 73.7 cm³/mol. The molecule has 1 atom stereocenters. The Labute approximate surface area is 117 Å². The van der Waals surface area contributed by atoms with E-state index in [0.29, 0.717) is 13.2 Å². The lowest BCUT2D eigenvalue weighted by Crippen LogP contribution is -2.36. The molecule has 0 radical (unpaired) electrons. The molecule has 0 bridgehead atoms. The lowest BCUT2D eigenvalue weighted by molar-refractivity contribution is -0.147. The zero-order valence-corrected chi connectivity index (χ0v) is 11.2. The molecular weight excluding hydrogens is 254 g/mol. The number of carbonyl (C=O) groups is 1. The van der Waals surface area contributed by atoms with Gasteiger partial charge in [0.1, 0.15) is 18.5 Å². The molecule has 1 aromatic carbocycles. The number of nitrogens with one attached hydrogen (secondary N) is 1. The van der Waals surface area contributed by atoms with Gasteiger partial charge < -0.3 is 9.30 Å². The first-order valence-corrected chi connectivity index (χ1v) is 6.77. The van der Waals surface area contributed by atoms with Gasteiger partial charge in [0.15, 0.2) is 0 Å². The van der Waals surface area contributed by atoms with E-state index in [1.54, 1.807) is 6.20 Å². The van der Waals surface area contributed by atoms with Crippen molar-refractivity contribution in [2.45, 2.75) is 32.2 Å². The minimum absolute atomic E-state index is 0.195. The van der Waals surface area contributed by atoms with Crippen molar-refractivity contribution in [3.8, 4) is 0 Å². The van der Waals surface area contributed by atoms with Gasteiger partial charge in [0.05, 0.1) is 6.54 Å². The van der Waals surface area contributed by atoms with Crippen molar-refractivity contribution in [1.82, 2.24) is 14.9 Å². The molecule has 5 heteroatoms. The number of esters is 1. The van der Waals surface area contributed by atoms with Crippen molar-refractivity contribution in [1.29, 1.82) is 0 Å². The number of imidazole rings is 1. The summed E-state index contributed by atoms with van der Waals surface area (Å²) in [5, 5.41) is 3.20. The van der Waals surface area contributed by atoms with E-state index in [2.05, 4.69) is 14.9 Å². The minimum Gasteiger partial charge on any atom is -0.460 e. The van der Waals surface area contributed by atoms with Crippen LogP contribution < -0.4 is 5.32 Å². The molecule has 1 unspecified atom stereocenters. The molecule has 0 saturated heterocycles. The van der Waals surface area contributed by atoms with E-state index < -0.39 is 0 Å². The lowest BCUT2D eigenvalue weighted by Gasteiger charge is -2.14. The molecule has 5 nitrogen and oxygen atoms in total. The molecule has 1 aliphatic rings. The first-order chi connectivity index (χ1) is 9.83. The van der Waals surface area contributed by atoms with Crippen molar-refractivity contribution in [3.63, 3.8) is 0 Å². The summed E-state index contributed by atoms with van der Waals surface area (Å²) in [6, 6.07) is 9.45. The van der Waals surface area contributed by atoms with Crippen molar-refractivity contribution in [2.24, 2.45) is 0 Å². The zero-order chi connectivity index (χ0) is 13.8. The molecule has 2 heterocycles. The molecule has 104 valence electrons. The standard InChI is InChI=1S/C15H17N3O2/c19-15(20-11-12-4-2-1-3-5-12)13-6-8-18-9-7-16-14(18)10-17-13/h1-5,7,9,13,17H,6,8,10-11H2. The molecule has 0 aliphatic carbocycles. The summed E-state index contributed by atoms with van der Waals surface area (Å²) in [5.41, 5.74) is 1.00. The molecule has 0 fully saturated rings. The van der Waals surface area contributed by atoms with Crippen LogP contribution in [0.3, 0.4) is 0 Å². The van der Waals surface area contributed by atoms with Gasteiger partial charge in [-0.2, -0.15) is 0 Å². The van der Waals surface area contributed by atoms with Crippen molar-refractivity contribution >= 4 is 5.97 Å². The van der Waals surface area contributed by atoms with Crippen LogP contribution in [0.2, 0.25) is 0 Å². The second-order valence-electron chi connectivity index (χ2n) is 4.85. The molecule has 0 saturated carbocycles. The van der Waals surface area contributed by atoms with Crippen LogP contribution in [0.15, 0.2) is 42.7 Å². The molecule has 2 aromatic rings.